The second kappa shape index (κ2) is 7.93. The molecule has 2 aromatic heterocycles. The molecule has 0 bridgehead atoms. The molecule has 7 heteroatoms. The van der Waals surface area contributed by atoms with Crippen LogP contribution >= 0.6 is 23.8 Å². The van der Waals surface area contributed by atoms with Crippen molar-refractivity contribution >= 4 is 34.6 Å². The number of anilines is 1. The van der Waals surface area contributed by atoms with Crippen LogP contribution < -0.4 is 15.0 Å². The SMILES string of the molecule is COc1ccc(N2C(=S)NC(c3ccccn3)C2c2ccn(C(C)(C)C)c2)cc1Cl. The molecule has 2 atom stereocenters. The average molecular weight is 441 g/mol. The predicted octanol–water partition coefficient (Wildman–Crippen LogP) is 5.48. The van der Waals surface area contributed by atoms with Crippen molar-refractivity contribution in [2.24, 2.45) is 0 Å². The molecular weight excluding hydrogens is 416 g/mol. The molecular formula is C23H25ClN4OS. The smallest absolute Gasteiger partial charge is 0.174 e. The van der Waals surface area contributed by atoms with E-state index in [1.807, 2.05) is 42.6 Å². The van der Waals surface area contributed by atoms with Crippen LogP contribution in [0.15, 0.2) is 61.1 Å². The van der Waals surface area contributed by atoms with E-state index in [1.165, 1.54) is 0 Å². The van der Waals surface area contributed by atoms with Gasteiger partial charge in [-0.05, 0) is 75.0 Å². The number of aromatic nitrogens is 2. The van der Waals surface area contributed by atoms with Crippen molar-refractivity contribution in [3.63, 3.8) is 0 Å². The highest BCUT2D eigenvalue weighted by molar-refractivity contribution is 7.80. The average Bonchev–Trinajstić information content (AvgIpc) is 3.33. The first-order valence-electron chi connectivity index (χ1n) is 9.82. The second-order valence-corrected chi connectivity index (χ2v) is 9.13. The maximum Gasteiger partial charge on any atom is 0.174 e. The van der Waals surface area contributed by atoms with Crippen molar-refractivity contribution in [1.82, 2.24) is 14.9 Å². The summed E-state index contributed by atoms with van der Waals surface area (Å²) in [5.74, 6) is 0.634. The summed E-state index contributed by atoms with van der Waals surface area (Å²) in [4.78, 5) is 6.71. The van der Waals surface area contributed by atoms with Gasteiger partial charge in [-0.3, -0.25) is 4.98 Å². The number of halogens is 1. The van der Waals surface area contributed by atoms with Crippen molar-refractivity contribution in [2.75, 3.05) is 12.0 Å². The first-order valence-corrected chi connectivity index (χ1v) is 10.6. The van der Waals surface area contributed by atoms with Crippen LogP contribution in [0.5, 0.6) is 5.75 Å². The zero-order valence-electron chi connectivity index (χ0n) is 17.5. The van der Waals surface area contributed by atoms with Gasteiger partial charge in [0.1, 0.15) is 5.75 Å². The fourth-order valence-corrected chi connectivity index (χ4v) is 4.38. The number of nitrogens with one attached hydrogen (secondary N) is 1. The van der Waals surface area contributed by atoms with Crippen LogP contribution in [-0.4, -0.2) is 21.8 Å². The standard InChI is InChI=1S/C23H25ClN4OS/c1-23(2,3)27-12-10-15(14-27)21-20(18-7-5-6-11-25-18)26-22(30)28(21)16-8-9-19(29-4)17(24)13-16/h5-14,20-21H,1-4H3,(H,26,30). The molecule has 1 saturated heterocycles. The Morgan fingerprint density at radius 3 is 2.57 bits per heavy atom. The summed E-state index contributed by atoms with van der Waals surface area (Å²) < 4.78 is 7.54. The van der Waals surface area contributed by atoms with Gasteiger partial charge in [-0.1, -0.05) is 17.7 Å². The van der Waals surface area contributed by atoms with Crippen LogP contribution in [0.4, 0.5) is 5.69 Å². The Kier molecular flexibility index (Phi) is 5.47. The summed E-state index contributed by atoms with van der Waals surface area (Å²) in [5.41, 5.74) is 2.99. The van der Waals surface area contributed by atoms with Crippen LogP contribution in [0.25, 0.3) is 0 Å². The Balaban J connectivity index is 1.82. The highest BCUT2D eigenvalue weighted by Crippen LogP contribution is 2.43. The van der Waals surface area contributed by atoms with Crippen LogP contribution in [-0.2, 0) is 5.54 Å². The Labute approximate surface area is 187 Å². The number of nitrogens with zero attached hydrogens (tertiary/aromatic N) is 3. The molecule has 4 rings (SSSR count). The van der Waals surface area contributed by atoms with Gasteiger partial charge in [0, 0.05) is 29.8 Å². The molecule has 3 aromatic rings. The molecule has 1 fully saturated rings. The Morgan fingerprint density at radius 2 is 1.97 bits per heavy atom. The Morgan fingerprint density at radius 1 is 1.17 bits per heavy atom. The van der Waals surface area contributed by atoms with E-state index in [-0.39, 0.29) is 17.6 Å². The summed E-state index contributed by atoms with van der Waals surface area (Å²) in [7, 11) is 1.61. The van der Waals surface area contributed by atoms with Gasteiger partial charge in [0.15, 0.2) is 5.11 Å². The van der Waals surface area contributed by atoms with Crippen molar-refractivity contribution in [1.29, 1.82) is 0 Å². The fraction of sp³-hybridized carbons (Fsp3) is 0.304. The highest BCUT2D eigenvalue weighted by Gasteiger charge is 2.41. The van der Waals surface area contributed by atoms with E-state index < -0.39 is 0 Å². The molecule has 0 saturated carbocycles. The van der Waals surface area contributed by atoms with Crippen LogP contribution in [0.1, 0.15) is 44.1 Å². The number of thiocarbonyl (C=S) groups is 1. The van der Waals surface area contributed by atoms with Crippen LogP contribution in [0, 0.1) is 0 Å². The van der Waals surface area contributed by atoms with Gasteiger partial charge in [0.2, 0.25) is 0 Å². The van der Waals surface area contributed by atoms with E-state index in [2.05, 4.69) is 59.0 Å². The maximum absolute atomic E-state index is 6.43. The minimum absolute atomic E-state index is 0.0143. The molecule has 0 aliphatic carbocycles. The molecule has 5 nitrogen and oxygen atoms in total. The maximum atomic E-state index is 6.43. The van der Waals surface area contributed by atoms with E-state index in [0.29, 0.717) is 15.9 Å². The van der Waals surface area contributed by atoms with E-state index in [4.69, 9.17) is 28.6 Å². The molecule has 2 unspecified atom stereocenters. The van der Waals surface area contributed by atoms with Crippen LogP contribution in [0.3, 0.4) is 0 Å². The molecule has 0 amide bonds. The topological polar surface area (TPSA) is 42.3 Å². The fourth-order valence-electron chi connectivity index (χ4n) is 3.78. The number of methoxy groups -OCH3 is 1. The third-order valence-corrected chi connectivity index (χ3v) is 5.95. The molecule has 1 aliphatic rings. The lowest BCUT2D eigenvalue weighted by molar-refractivity contribution is 0.397. The lowest BCUT2D eigenvalue weighted by Crippen LogP contribution is -2.29. The van der Waals surface area contributed by atoms with E-state index in [0.717, 1.165) is 16.9 Å². The zero-order valence-corrected chi connectivity index (χ0v) is 19.0. The largest absolute Gasteiger partial charge is 0.495 e. The summed E-state index contributed by atoms with van der Waals surface area (Å²) in [6.07, 6.45) is 6.12. The minimum Gasteiger partial charge on any atom is -0.495 e. The molecule has 156 valence electrons. The lowest BCUT2D eigenvalue weighted by Gasteiger charge is -2.28. The van der Waals surface area contributed by atoms with Crippen molar-refractivity contribution in [3.8, 4) is 5.75 Å². The summed E-state index contributed by atoms with van der Waals surface area (Å²) in [6, 6.07) is 13.7. The van der Waals surface area contributed by atoms with Gasteiger partial charge in [0.25, 0.3) is 0 Å². The van der Waals surface area contributed by atoms with Gasteiger partial charge in [-0.15, -0.1) is 0 Å². The van der Waals surface area contributed by atoms with Crippen molar-refractivity contribution < 1.29 is 4.74 Å². The highest BCUT2D eigenvalue weighted by atomic mass is 35.5. The summed E-state index contributed by atoms with van der Waals surface area (Å²) in [5, 5.41) is 4.66. The van der Waals surface area contributed by atoms with Crippen molar-refractivity contribution in [3.05, 3.63) is 77.3 Å². The predicted molar refractivity (Wildman–Crippen MR) is 125 cm³/mol. The quantitative estimate of drug-likeness (QED) is 0.544. The Hall–Kier alpha value is -2.57. The number of pyridine rings is 1. The summed E-state index contributed by atoms with van der Waals surface area (Å²) >= 11 is 12.2. The number of hydrogen-bond donors (Lipinski definition) is 1. The molecule has 3 heterocycles. The monoisotopic (exact) mass is 440 g/mol. The third-order valence-electron chi connectivity index (χ3n) is 5.34. The number of hydrogen-bond acceptors (Lipinski definition) is 3. The molecule has 0 radical (unpaired) electrons. The summed E-state index contributed by atoms with van der Waals surface area (Å²) in [6.45, 7) is 6.56. The van der Waals surface area contributed by atoms with Gasteiger partial charge in [-0.25, -0.2) is 0 Å². The first-order chi connectivity index (χ1) is 14.3. The minimum atomic E-state index is -0.0876. The second-order valence-electron chi connectivity index (χ2n) is 8.34. The molecule has 0 spiro atoms. The van der Waals surface area contributed by atoms with Crippen LogP contribution in [0.2, 0.25) is 5.02 Å². The normalized spacial score (nSPS) is 19.1. The third kappa shape index (κ3) is 3.77. The van der Waals surface area contributed by atoms with Gasteiger partial charge in [-0.2, -0.15) is 0 Å². The van der Waals surface area contributed by atoms with E-state index in [9.17, 15) is 0 Å². The first kappa shape index (κ1) is 20.7. The van der Waals surface area contributed by atoms with E-state index >= 15 is 0 Å². The zero-order chi connectivity index (χ0) is 21.5. The van der Waals surface area contributed by atoms with E-state index in [1.54, 1.807) is 7.11 Å². The Bertz CT molecular complexity index is 1060. The van der Waals surface area contributed by atoms with Gasteiger partial charge < -0.3 is 19.5 Å². The molecule has 1 aromatic carbocycles. The number of ether oxygens (including phenoxy) is 1. The van der Waals surface area contributed by atoms with Crippen molar-refractivity contribution in [2.45, 2.75) is 38.4 Å². The number of benzene rings is 1. The lowest BCUT2D eigenvalue weighted by atomic mass is 9.98. The number of rotatable bonds is 4. The van der Waals surface area contributed by atoms with Gasteiger partial charge in [0.05, 0.1) is 29.9 Å². The van der Waals surface area contributed by atoms with Gasteiger partial charge >= 0.3 is 0 Å². The molecule has 1 N–H and O–H groups in total. The molecule has 30 heavy (non-hydrogen) atoms. The molecule has 1 aliphatic heterocycles.